The van der Waals surface area contributed by atoms with Crippen LogP contribution in [0.4, 0.5) is 0 Å². The Kier molecular flexibility index (Phi) is 3.24. The van der Waals surface area contributed by atoms with E-state index in [-0.39, 0.29) is 6.04 Å². The van der Waals surface area contributed by atoms with Crippen LogP contribution < -0.4 is 0 Å². The van der Waals surface area contributed by atoms with Crippen molar-refractivity contribution in [2.24, 2.45) is 7.05 Å². The molecule has 1 aliphatic rings. The zero-order valence-electron chi connectivity index (χ0n) is 9.46. The van der Waals surface area contributed by atoms with Gasteiger partial charge in [0.25, 0.3) is 0 Å². The number of imidazole rings is 1. The average Bonchev–Trinajstić information content (AvgIpc) is 2.65. The molecule has 5 heteroatoms. The van der Waals surface area contributed by atoms with E-state index in [9.17, 15) is 4.79 Å². The van der Waals surface area contributed by atoms with Gasteiger partial charge in [0.1, 0.15) is 11.9 Å². The summed E-state index contributed by atoms with van der Waals surface area (Å²) in [7, 11) is 1.93. The molecular formula is C11H17N3O2. The minimum atomic E-state index is -0.714. The maximum atomic E-state index is 11.1. The molecule has 16 heavy (non-hydrogen) atoms. The number of hydrogen-bond donors (Lipinski definition) is 1. The fourth-order valence-electron chi connectivity index (χ4n) is 2.19. The van der Waals surface area contributed by atoms with Gasteiger partial charge in [0.15, 0.2) is 0 Å². The second kappa shape index (κ2) is 4.65. The number of hydrogen-bond acceptors (Lipinski definition) is 3. The summed E-state index contributed by atoms with van der Waals surface area (Å²) in [6.07, 6.45) is 6.46. The molecule has 2 rings (SSSR count). The van der Waals surface area contributed by atoms with Crippen molar-refractivity contribution >= 4 is 5.97 Å². The average molecular weight is 223 g/mol. The topological polar surface area (TPSA) is 58.4 Å². The molecule has 0 saturated carbocycles. The molecule has 1 N–H and O–H groups in total. The summed E-state index contributed by atoms with van der Waals surface area (Å²) < 4.78 is 1.94. The molecule has 1 atom stereocenters. The second-order valence-electron chi connectivity index (χ2n) is 4.27. The van der Waals surface area contributed by atoms with Crippen LogP contribution in [-0.2, 0) is 18.4 Å². The number of aryl methyl sites for hydroxylation is 1. The maximum absolute atomic E-state index is 11.1. The Balaban J connectivity index is 2.07. The maximum Gasteiger partial charge on any atom is 0.320 e. The van der Waals surface area contributed by atoms with Gasteiger partial charge in [0.05, 0.1) is 6.54 Å². The van der Waals surface area contributed by atoms with Gasteiger partial charge in [-0.15, -0.1) is 0 Å². The number of piperidine rings is 1. The van der Waals surface area contributed by atoms with E-state index in [0.29, 0.717) is 6.54 Å². The van der Waals surface area contributed by atoms with Crippen molar-refractivity contribution in [2.75, 3.05) is 6.54 Å². The lowest BCUT2D eigenvalue weighted by Crippen LogP contribution is -2.44. The Hall–Kier alpha value is -1.36. The lowest BCUT2D eigenvalue weighted by atomic mass is 10.0. The first-order valence-corrected chi connectivity index (χ1v) is 5.61. The van der Waals surface area contributed by atoms with E-state index in [1.54, 1.807) is 6.20 Å². The van der Waals surface area contributed by atoms with Crippen molar-refractivity contribution in [1.82, 2.24) is 14.5 Å². The van der Waals surface area contributed by atoms with E-state index < -0.39 is 5.97 Å². The minimum absolute atomic E-state index is 0.342. The fourth-order valence-corrected chi connectivity index (χ4v) is 2.19. The molecule has 0 spiro atoms. The smallest absolute Gasteiger partial charge is 0.320 e. The summed E-state index contributed by atoms with van der Waals surface area (Å²) >= 11 is 0. The third-order valence-electron chi connectivity index (χ3n) is 3.16. The lowest BCUT2D eigenvalue weighted by molar-refractivity contribution is -0.144. The standard InChI is InChI=1S/C11H17N3O2/c1-13-7-5-12-10(13)8-14-6-3-2-4-9(14)11(15)16/h5,7,9H,2-4,6,8H2,1H3,(H,15,16). The van der Waals surface area contributed by atoms with Gasteiger partial charge in [-0.25, -0.2) is 4.98 Å². The second-order valence-corrected chi connectivity index (χ2v) is 4.27. The predicted molar refractivity (Wildman–Crippen MR) is 58.9 cm³/mol. The number of carboxylic acid groups (broad SMARTS) is 1. The van der Waals surface area contributed by atoms with Gasteiger partial charge >= 0.3 is 5.97 Å². The summed E-state index contributed by atoms with van der Waals surface area (Å²) in [5.41, 5.74) is 0. The molecule has 0 amide bonds. The van der Waals surface area contributed by atoms with Gasteiger partial charge in [-0.3, -0.25) is 9.69 Å². The summed E-state index contributed by atoms with van der Waals surface area (Å²) in [5, 5.41) is 9.14. The summed E-state index contributed by atoms with van der Waals surface area (Å²) in [6.45, 7) is 1.48. The van der Waals surface area contributed by atoms with Gasteiger partial charge in [0, 0.05) is 19.4 Å². The summed E-state index contributed by atoms with van der Waals surface area (Å²) in [5.74, 6) is 0.210. The van der Waals surface area contributed by atoms with Gasteiger partial charge in [-0.1, -0.05) is 6.42 Å². The van der Waals surface area contributed by atoms with Crippen LogP contribution in [0, 0.1) is 0 Å². The molecule has 0 aliphatic carbocycles. The zero-order chi connectivity index (χ0) is 11.5. The molecule has 1 saturated heterocycles. The number of aliphatic carboxylic acids is 1. The van der Waals surface area contributed by atoms with Crippen LogP contribution in [0.25, 0.3) is 0 Å². The van der Waals surface area contributed by atoms with Crippen LogP contribution in [0.3, 0.4) is 0 Å². The van der Waals surface area contributed by atoms with E-state index in [4.69, 9.17) is 5.11 Å². The molecular weight excluding hydrogens is 206 g/mol. The SMILES string of the molecule is Cn1ccnc1CN1CCCCC1C(=O)O. The third kappa shape index (κ3) is 2.24. The van der Waals surface area contributed by atoms with Crippen LogP contribution in [-0.4, -0.2) is 38.1 Å². The Morgan fingerprint density at radius 2 is 2.44 bits per heavy atom. The van der Waals surface area contributed by atoms with E-state index in [2.05, 4.69) is 4.98 Å². The molecule has 0 aromatic carbocycles. The molecule has 2 heterocycles. The van der Waals surface area contributed by atoms with Gasteiger partial charge in [-0.2, -0.15) is 0 Å². The molecule has 1 aliphatic heterocycles. The Morgan fingerprint density at radius 1 is 1.62 bits per heavy atom. The Labute approximate surface area is 94.7 Å². The summed E-state index contributed by atoms with van der Waals surface area (Å²) in [4.78, 5) is 17.3. The fraction of sp³-hybridized carbons (Fsp3) is 0.636. The molecule has 5 nitrogen and oxygen atoms in total. The minimum Gasteiger partial charge on any atom is -0.480 e. The number of carboxylic acids is 1. The van der Waals surface area contributed by atoms with Crippen molar-refractivity contribution in [3.05, 3.63) is 18.2 Å². The highest BCUT2D eigenvalue weighted by molar-refractivity contribution is 5.73. The highest BCUT2D eigenvalue weighted by Gasteiger charge is 2.28. The van der Waals surface area contributed by atoms with Gasteiger partial charge < -0.3 is 9.67 Å². The van der Waals surface area contributed by atoms with Crippen LogP contribution >= 0.6 is 0 Å². The van der Waals surface area contributed by atoms with Gasteiger partial charge in [0.2, 0.25) is 0 Å². The molecule has 0 radical (unpaired) electrons. The van der Waals surface area contributed by atoms with Crippen LogP contribution in [0.15, 0.2) is 12.4 Å². The molecule has 1 fully saturated rings. The van der Waals surface area contributed by atoms with Crippen molar-refractivity contribution in [2.45, 2.75) is 31.8 Å². The quantitative estimate of drug-likeness (QED) is 0.825. The van der Waals surface area contributed by atoms with Crippen LogP contribution in [0.1, 0.15) is 25.1 Å². The first kappa shape index (κ1) is 11.1. The Bertz CT molecular complexity index is 375. The monoisotopic (exact) mass is 223 g/mol. The normalized spacial score (nSPS) is 22.2. The lowest BCUT2D eigenvalue weighted by Gasteiger charge is -2.32. The van der Waals surface area contributed by atoms with Gasteiger partial charge in [-0.05, 0) is 19.4 Å². The third-order valence-corrected chi connectivity index (χ3v) is 3.16. The molecule has 1 unspecified atom stereocenters. The molecule has 1 aromatic heterocycles. The highest BCUT2D eigenvalue weighted by atomic mass is 16.4. The Morgan fingerprint density at radius 3 is 3.06 bits per heavy atom. The number of nitrogens with zero attached hydrogens (tertiary/aromatic N) is 3. The van der Waals surface area contributed by atoms with E-state index in [1.165, 1.54) is 0 Å². The van der Waals surface area contributed by atoms with Crippen LogP contribution in [0.2, 0.25) is 0 Å². The zero-order valence-corrected chi connectivity index (χ0v) is 9.46. The summed E-state index contributed by atoms with van der Waals surface area (Å²) in [6, 6.07) is -0.342. The van der Waals surface area contributed by atoms with E-state index in [1.807, 2.05) is 22.7 Å². The first-order chi connectivity index (χ1) is 7.68. The number of carbonyl (C=O) groups is 1. The largest absolute Gasteiger partial charge is 0.480 e. The molecule has 88 valence electrons. The molecule has 0 bridgehead atoms. The van der Waals surface area contributed by atoms with Crippen molar-refractivity contribution < 1.29 is 9.90 Å². The molecule has 1 aromatic rings. The number of rotatable bonds is 3. The van der Waals surface area contributed by atoms with Crippen molar-refractivity contribution in [3.8, 4) is 0 Å². The number of likely N-dealkylation sites (tertiary alicyclic amines) is 1. The van der Waals surface area contributed by atoms with Crippen molar-refractivity contribution in [3.63, 3.8) is 0 Å². The van der Waals surface area contributed by atoms with Crippen molar-refractivity contribution in [1.29, 1.82) is 0 Å². The van der Waals surface area contributed by atoms with E-state index in [0.717, 1.165) is 31.6 Å². The number of aromatic nitrogens is 2. The first-order valence-electron chi connectivity index (χ1n) is 5.61. The van der Waals surface area contributed by atoms with E-state index >= 15 is 0 Å². The van der Waals surface area contributed by atoms with Crippen LogP contribution in [0.5, 0.6) is 0 Å². The predicted octanol–water partition coefficient (Wildman–Crippen LogP) is 0.859. The highest BCUT2D eigenvalue weighted by Crippen LogP contribution is 2.19.